The quantitative estimate of drug-likeness (QED) is 0.166. The Hall–Kier alpha value is -8.66. The Balaban J connectivity index is 1.18. The van der Waals surface area contributed by atoms with E-state index < -0.39 is 5.41 Å². The Morgan fingerprint density at radius 1 is 0.303 bits per heavy atom. The lowest BCUT2D eigenvalue weighted by Gasteiger charge is -2.39. The molecule has 3 nitrogen and oxygen atoms in total. The first-order valence-electron chi connectivity index (χ1n) is 22.7. The Morgan fingerprint density at radius 3 is 1.42 bits per heavy atom. The Kier molecular flexibility index (Phi) is 7.90. The molecule has 1 spiro atoms. The predicted molar refractivity (Wildman–Crippen MR) is 274 cm³/mol. The zero-order valence-electron chi connectivity index (χ0n) is 35.9. The van der Waals surface area contributed by atoms with E-state index in [2.05, 4.69) is 246 Å². The topological polar surface area (TPSA) is 19.6 Å². The molecule has 1 heterocycles. The summed E-state index contributed by atoms with van der Waals surface area (Å²) in [4.78, 5) is 5.03. The van der Waals surface area contributed by atoms with E-state index in [1.165, 1.54) is 66.1 Å². The third kappa shape index (κ3) is 5.20. The van der Waals surface area contributed by atoms with Crippen LogP contribution in [0.3, 0.4) is 0 Å². The lowest BCUT2D eigenvalue weighted by Crippen LogP contribution is -2.29. The molecule has 66 heavy (non-hydrogen) atoms. The van der Waals surface area contributed by atoms with Crippen LogP contribution < -0.4 is 9.80 Å². The van der Waals surface area contributed by atoms with Crippen LogP contribution in [-0.4, -0.2) is 0 Å². The normalized spacial score (nSPS) is 13.0. The molecule has 308 valence electrons. The van der Waals surface area contributed by atoms with E-state index >= 15 is 0 Å². The number of nitrogens with zero attached hydrogens (tertiary/aromatic N) is 2. The van der Waals surface area contributed by atoms with Crippen molar-refractivity contribution < 1.29 is 4.42 Å². The van der Waals surface area contributed by atoms with Gasteiger partial charge in [0.15, 0.2) is 0 Å². The number of rotatable bonds is 6. The van der Waals surface area contributed by atoms with Gasteiger partial charge >= 0.3 is 0 Å². The molecular weight excluding hydrogens is 801 g/mol. The van der Waals surface area contributed by atoms with Crippen LogP contribution in [0.15, 0.2) is 247 Å². The second-order valence-corrected chi connectivity index (χ2v) is 17.6. The van der Waals surface area contributed by atoms with E-state index in [-0.39, 0.29) is 0 Å². The molecule has 0 N–H and O–H groups in total. The van der Waals surface area contributed by atoms with Gasteiger partial charge in [-0.3, -0.25) is 0 Å². The molecule has 2 aliphatic carbocycles. The summed E-state index contributed by atoms with van der Waals surface area (Å²) in [6, 6.07) is 89.3. The molecule has 0 saturated carbocycles. The molecule has 0 fully saturated rings. The number of para-hydroxylation sites is 2. The van der Waals surface area contributed by atoms with Crippen molar-refractivity contribution >= 4 is 77.6 Å². The summed E-state index contributed by atoms with van der Waals surface area (Å²) < 4.78 is 6.45. The minimum atomic E-state index is -0.649. The average molecular weight is 841 g/mol. The van der Waals surface area contributed by atoms with Crippen LogP contribution in [0, 0.1) is 0 Å². The van der Waals surface area contributed by atoms with E-state index in [1.54, 1.807) is 0 Å². The Bertz CT molecular complexity index is 3780. The Morgan fingerprint density at radius 2 is 0.788 bits per heavy atom. The number of furan rings is 1. The minimum absolute atomic E-state index is 0.649. The summed E-state index contributed by atoms with van der Waals surface area (Å²) in [6.07, 6.45) is 0. The van der Waals surface area contributed by atoms with Crippen molar-refractivity contribution in [1.29, 1.82) is 0 Å². The van der Waals surface area contributed by atoms with Gasteiger partial charge in [0.2, 0.25) is 0 Å². The molecule has 3 heteroatoms. The van der Waals surface area contributed by atoms with Crippen LogP contribution in [0.5, 0.6) is 0 Å². The van der Waals surface area contributed by atoms with Gasteiger partial charge in [-0.1, -0.05) is 176 Å². The lowest BCUT2D eigenvalue weighted by molar-refractivity contribution is 0.669. The molecule has 2 aliphatic rings. The predicted octanol–water partition coefficient (Wildman–Crippen LogP) is 17.2. The molecule has 0 amide bonds. The standard InChI is InChI=1S/C63H40N2O/c1-2-20-45(21-3-1)64(48-34-37-60-54(40-48)52-25-11-15-29-59(52)66-60)58-36-35-53-51-24-10-14-28-57(51)63(55-26-12-8-22-49(55)50-23-9-13-27-56(50)63)61(53)62(58)65(46-32-30-41-16-4-6-18-43(41)38-46)47-33-31-42-17-5-7-19-44(42)39-47/h1-40H. The van der Waals surface area contributed by atoms with Gasteiger partial charge in [-0.15, -0.1) is 0 Å². The summed E-state index contributed by atoms with van der Waals surface area (Å²) >= 11 is 0. The van der Waals surface area contributed by atoms with Gasteiger partial charge < -0.3 is 14.2 Å². The fraction of sp³-hybridized carbons (Fsp3) is 0.0159. The van der Waals surface area contributed by atoms with Crippen molar-refractivity contribution in [2.45, 2.75) is 5.41 Å². The maximum absolute atomic E-state index is 6.45. The van der Waals surface area contributed by atoms with Crippen LogP contribution in [0.25, 0.3) is 65.7 Å². The number of anilines is 6. The van der Waals surface area contributed by atoms with Gasteiger partial charge in [-0.25, -0.2) is 0 Å². The highest BCUT2D eigenvalue weighted by Crippen LogP contribution is 2.67. The van der Waals surface area contributed by atoms with Gasteiger partial charge in [-0.2, -0.15) is 0 Å². The third-order valence-electron chi connectivity index (χ3n) is 14.2. The van der Waals surface area contributed by atoms with Crippen molar-refractivity contribution in [2.75, 3.05) is 9.80 Å². The van der Waals surface area contributed by atoms with Gasteiger partial charge in [0.25, 0.3) is 0 Å². The first-order chi connectivity index (χ1) is 32.7. The molecule has 0 aliphatic heterocycles. The highest BCUT2D eigenvalue weighted by Gasteiger charge is 2.54. The monoisotopic (exact) mass is 840 g/mol. The van der Waals surface area contributed by atoms with Crippen molar-refractivity contribution in [3.63, 3.8) is 0 Å². The fourth-order valence-corrected chi connectivity index (χ4v) is 11.5. The highest BCUT2D eigenvalue weighted by molar-refractivity contribution is 6.09. The summed E-state index contributed by atoms with van der Waals surface area (Å²) in [5.74, 6) is 0. The second kappa shape index (κ2) is 14.2. The average Bonchev–Trinajstić information content (AvgIpc) is 4.01. The molecule has 1 aromatic heterocycles. The SMILES string of the molecule is c1ccc(N(c2ccc3oc4ccccc4c3c2)c2ccc3c(c2N(c2ccc4ccccc4c2)c2ccc4ccccc4c2)C2(c4ccccc4-c4ccccc42)c2ccccc2-3)cc1. The van der Waals surface area contributed by atoms with Crippen LogP contribution in [0.2, 0.25) is 0 Å². The molecule has 14 rings (SSSR count). The van der Waals surface area contributed by atoms with Crippen LogP contribution in [0.4, 0.5) is 34.1 Å². The van der Waals surface area contributed by atoms with Gasteiger partial charge in [0.1, 0.15) is 11.2 Å². The van der Waals surface area contributed by atoms with Gasteiger partial charge in [0.05, 0.1) is 16.8 Å². The summed E-state index contributed by atoms with van der Waals surface area (Å²) in [7, 11) is 0. The highest BCUT2D eigenvalue weighted by atomic mass is 16.3. The van der Waals surface area contributed by atoms with E-state index in [1.807, 2.05) is 6.07 Å². The number of hydrogen-bond acceptors (Lipinski definition) is 3. The largest absolute Gasteiger partial charge is 0.456 e. The van der Waals surface area contributed by atoms with E-state index in [9.17, 15) is 0 Å². The zero-order chi connectivity index (χ0) is 43.3. The van der Waals surface area contributed by atoms with Crippen molar-refractivity contribution in [3.8, 4) is 22.3 Å². The second-order valence-electron chi connectivity index (χ2n) is 17.6. The maximum atomic E-state index is 6.45. The molecule has 0 bridgehead atoms. The van der Waals surface area contributed by atoms with Crippen molar-refractivity contribution in [2.24, 2.45) is 0 Å². The van der Waals surface area contributed by atoms with Gasteiger partial charge in [-0.05, 0) is 127 Å². The lowest BCUT2D eigenvalue weighted by atomic mass is 9.69. The molecule has 0 saturated heterocycles. The number of hydrogen-bond donors (Lipinski definition) is 0. The van der Waals surface area contributed by atoms with Crippen LogP contribution >= 0.6 is 0 Å². The minimum Gasteiger partial charge on any atom is -0.456 e. The molecule has 0 unspecified atom stereocenters. The fourth-order valence-electron chi connectivity index (χ4n) is 11.5. The maximum Gasteiger partial charge on any atom is 0.135 e. The van der Waals surface area contributed by atoms with E-state index in [0.29, 0.717) is 0 Å². The van der Waals surface area contributed by atoms with Gasteiger partial charge in [0, 0.05) is 39.1 Å². The van der Waals surface area contributed by atoms with Crippen molar-refractivity contribution in [1.82, 2.24) is 0 Å². The van der Waals surface area contributed by atoms with E-state index in [4.69, 9.17) is 4.42 Å². The summed E-state index contributed by atoms with van der Waals surface area (Å²) in [5, 5.41) is 6.94. The number of fused-ring (bicyclic) bond motifs is 15. The summed E-state index contributed by atoms with van der Waals surface area (Å²) in [5.41, 5.74) is 17.7. The molecule has 0 radical (unpaired) electrons. The first kappa shape index (κ1) is 36.8. The molecular formula is C63H40N2O. The van der Waals surface area contributed by atoms with Crippen molar-refractivity contribution in [3.05, 3.63) is 265 Å². The molecule has 12 aromatic rings. The molecule has 0 atom stereocenters. The first-order valence-corrected chi connectivity index (χ1v) is 22.7. The molecule has 11 aromatic carbocycles. The zero-order valence-corrected chi connectivity index (χ0v) is 35.9. The third-order valence-corrected chi connectivity index (χ3v) is 14.2. The van der Waals surface area contributed by atoms with Crippen LogP contribution in [0.1, 0.15) is 22.3 Å². The summed E-state index contributed by atoms with van der Waals surface area (Å²) in [6.45, 7) is 0. The van der Waals surface area contributed by atoms with E-state index in [0.717, 1.165) is 56.1 Å². The Labute approximate surface area is 382 Å². The van der Waals surface area contributed by atoms with Crippen LogP contribution in [-0.2, 0) is 5.41 Å². The smallest absolute Gasteiger partial charge is 0.135 e. The number of benzene rings is 11.